The lowest BCUT2D eigenvalue weighted by molar-refractivity contribution is 0.301. The second-order valence-electron chi connectivity index (χ2n) is 4.45. The highest BCUT2D eigenvalue weighted by Gasteiger charge is 2.12. The lowest BCUT2D eigenvalue weighted by Gasteiger charge is -2.14. The third-order valence-corrected chi connectivity index (χ3v) is 2.78. The summed E-state index contributed by atoms with van der Waals surface area (Å²) in [7, 11) is 1.60. The van der Waals surface area contributed by atoms with Crippen LogP contribution in [-0.2, 0) is 6.54 Å². The van der Waals surface area contributed by atoms with Crippen molar-refractivity contribution in [3.8, 4) is 23.8 Å². The molecule has 1 N–H and O–H groups in total. The fraction of sp³-hybridized carbons (Fsp3) is 0.467. The zero-order valence-corrected chi connectivity index (χ0v) is 12.4. The number of ether oxygens (including phenoxy) is 2. The molecule has 0 radical (unpaired) electrons. The van der Waals surface area contributed by atoms with Crippen LogP contribution >= 0.6 is 11.6 Å². The number of hydrogen-bond acceptors (Lipinski definition) is 3. The highest BCUT2D eigenvalue weighted by atomic mass is 35.5. The SMILES string of the molecule is C#CCCOc1c(Cl)cc(CNC(C)C)cc1OC. The number of methoxy groups -OCH3 is 1. The first-order chi connectivity index (χ1) is 9.08. The number of halogens is 1. The van der Waals surface area contributed by atoms with Gasteiger partial charge in [-0.2, -0.15) is 0 Å². The Bertz CT molecular complexity index is 452. The molecule has 0 amide bonds. The maximum Gasteiger partial charge on any atom is 0.179 e. The van der Waals surface area contributed by atoms with E-state index in [0.717, 1.165) is 12.1 Å². The summed E-state index contributed by atoms with van der Waals surface area (Å²) in [6.07, 6.45) is 5.73. The molecule has 104 valence electrons. The summed E-state index contributed by atoms with van der Waals surface area (Å²) in [6, 6.07) is 4.22. The van der Waals surface area contributed by atoms with Crippen LogP contribution in [0.5, 0.6) is 11.5 Å². The van der Waals surface area contributed by atoms with Gasteiger partial charge in [-0.15, -0.1) is 12.3 Å². The molecule has 0 atom stereocenters. The molecule has 0 spiro atoms. The molecule has 4 heteroatoms. The average Bonchev–Trinajstić information content (AvgIpc) is 2.38. The smallest absolute Gasteiger partial charge is 0.179 e. The standard InChI is InChI=1S/C15H20ClNO2/c1-5-6-7-19-15-13(16)8-12(9-14(15)18-4)10-17-11(2)3/h1,8-9,11,17H,6-7,10H2,2-4H3. The number of hydrogen-bond donors (Lipinski definition) is 1. The first-order valence-corrected chi connectivity index (χ1v) is 6.62. The molecule has 0 aliphatic rings. The van der Waals surface area contributed by atoms with Crippen LogP contribution in [0.25, 0.3) is 0 Å². The fourth-order valence-corrected chi connectivity index (χ4v) is 1.84. The summed E-state index contributed by atoms with van der Waals surface area (Å²) in [6.45, 7) is 5.35. The van der Waals surface area contributed by atoms with E-state index in [-0.39, 0.29) is 0 Å². The molecule has 1 rings (SSSR count). The predicted molar refractivity (Wildman–Crippen MR) is 78.9 cm³/mol. The first-order valence-electron chi connectivity index (χ1n) is 6.24. The Balaban J connectivity index is 2.85. The summed E-state index contributed by atoms with van der Waals surface area (Å²) in [5.74, 6) is 3.70. The summed E-state index contributed by atoms with van der Waals surface area (Å²) < 4.78 is 10.9. The van der Waals surface area contributed by atoms with Crippen molar-refractivity contribution >= 4 is 11.6 Å². The van der Waals surface area contributed by atoms with Crippen molar-refractivity contribution in [3.05, 3.63) is 22.7 Å². The molecule has 0 bridgehead atoms. The van der Waals surface area contributed by atoms with Crippen LogP contribution in [0, 0.1) is 12.3 Å². The van der Waals surface area contributed by atoms with E-state index in [2.05, 4.69) is 25.1 Å². The van der Waals surface area contributed by atoms with Crippen LogP contribution in [-0.4, -0.2) is 19.8 Å². The molecule has 0 heterocycles. The van der Waals surface area contributed by atoms with E-state index in [1.54, 1.807) is 7.11 Å². The minimum atomic E-state index is 0.413. The zero-order chi connectivity index (χ0) is 14.3. The van der Waals surface area contributed by atoms with Crippen LogP contribution < -0.4 is 14.8 Å². The van der Waals surface area contributed by atoms with Crippen molar-refractivity contribution in [2.45, 2.75) is 32.9 Å². The van der Waals surface area contributed by atoms with Gasteiger partial charge in [0, 0.05) is 19.0 Å². The van der Waals surface area contributed by atoms with Crippen LogP contribution in [0.1, 0.15) is 25.8 Å². The van der Waals surface area contributed by atoms with Crippen LogP contribution in [0.15, 0.2) is 12.1 Å². The molecular formula is C15H20ClNO2. The third-order valence-electron chi connectivity index (χ3n) is 2.50. The topological polar surface area (TPSA) is 30.5 Å². The number of rotatable bonds is 7. The fourth-order valence-electron chi connectivity index (χ4n) is 1.55. The number of nitrogens with one attached hydrogen (secondary N) is 1. The van der Waals surface area contributed by atoms with Gasteiger partial charge in [0.1, 0.15) is 0 Å². The Kier molecular flexibility index (Phi) is 6.55. The molecule has 3 nitrogen and oxygen atoms in total. The minimum absolute atomic E-state index is 0.413. The normalized spacial score (nSPS) is 10.3. The quantitative estimate of drug-likeness (QED) is 0.615. The summed E-state index contributed by atoms with van der Waals surface area (Å²) in [4.78, 5) is 0. The van der Waals surface area contributed by atoms with Crippen molar-refractivity contribution in [2.24, 2.45) is 0 Å². The van der Waals surface area contributed by atoms with E-state index in [0.29, 0.717) is 35.6 Å². The minimum Gasteiger partial charge on any atom is -0.493 e. The highest BCUT2D eigenvalue weighted by Crippen LogP contribution is 2.36. The molecule has 19 heavy (non-hydrogen) atoms. The Morgan fingerprint density at radius 2 is 2.16 bits per heavy atom. The Hall–Kier alpha value is -1.37. The Morgan fingerprint density at radius 1 is 1.42 bits per heavy atom. The van der Waals surface area contributed by atoms with Gasteiger partial charge in [0.05, 0.1) is 18.7 Å². The maximum absolute atomic E-state index is 6.22. The molecular weight excluding hydrogens is 262 g/mol. The molecule has 0 aromatic heterocycles. The largest absolute Gasteiger partial charge is 0.493 e. The lowest BCUT2D eigenvalue weighted by atomic mass is 10.2. The van der Waals surface area contributed by atoms with Gasteiger partial charge in [0.2, 0.25) is 0 Å². The highest BCUT2D eigenvalue weighted by molar-refractivity contribution is 6.32. The number of terminal acetylenes is 1. The first kappa shape index (κ1) is 15.7. The van der Waals surface area contributed by atoms with Crippen molar-refractivity contribution in [2.75, 3.05) is 13.7 Å². The van der Waals surface area contributed by atoms with Crippen LogP contribution in [0.3, 0.4) is 0 Å². The van der Waals surface area contributed by atoms with E-state index in [4.69, 9.17) is 27.5 Å². The second kappa shape index (κ2) is 7.93. The van der Waals surface area contributed by atoms with Crippen molar-refractivity contribution in [3.63, 3.8) is 0 Å². The van der Waals surface area contributed by atoms with Crippen LogP contribution in [0.2, 0.25) is 5.02 Å². The predicted octanol–water partition coefficient (Wildman–Crippen LogP) is 3.25. The van der Waals surface area contributed by atoms with Crippen LogP contribution in [0.4, 0.5) is 0 Å². The molecule has 0 aliphatic carbocycles. The van der Waals surface area contributed by atoms with E-state index >= 15 is 0 Å². The monoisotopic (exact) mass is 281 g/mol. The molecule has 0 aliphatic heterocycles. The molecule has 1 aromatic carbocycles. The van der Waals surface area contributed by atoms with Crippen molar-refractivity contribution in [1.29, 1.82) is 0 Å². The number of benzene rings is 1. The van der Waals surface area contributed by atoms with Gasteiger partial charge in [-0.3, -0.25) is 0 Å². The lowest BCUT2D eigenvalue weighted by Crippen LogP contribution is -2.21. The van der Waals surface area contributed by atoms with Gasteiger partial charge >= 0.3 is 0 Å². The van der Waals surface area contributed by atoms with Gasteiger partial charge < -0.3 is 14.8 Å². The maximum atomic E-state index is 6.22. The Labute approximate surface area is 120 Å². The van der Waals surface area contributed by atoms with E-state index in [9.17, 15) is 0 Å². The van der Waals surface area contributed by atoms with Crippen molar-refractivity contribution < 1.29 is 9.47 Å². The molecule has 0 unspecified atom stereocenters. The summed E-state index contributed by atoms with van der Waals surface area (Å²) in [5, 5.41) is 3.87. The van der Waals surface area contributed by atoms with E-state index in [1.807, 2.05) is 12.1 Å². The summed E-state index contributed by atoms with van der Waals surface area (Å²) in [5.41, 5.74) is 1.06. The van der Waals surface area contributed by atoms with E-state index < -0.39 is 0 Å². The third kappa shape index (κ3) is 5.02. The molecule has 1 aromatic rings. The Morgan fingerprint density at radius 3 is 2.74 bits per heavy atom. The summed E-state index contributed by atoms with van der Waals surface area (Å²) >= 11 is 6.22. The second-order valence-corrected chi connectivity index (χ2v) is 4.85. The van der Waals surface area contributed by atoms with Gasteiger partial charge in [-0.05, 0) is 17.7 Å². The molecule has 0 saturated heterocycles. The van der Waals surface area contributed by atoms with Crippen molar-refractivity contribution in [1.82, 2.24) is 5.32 Å². The average molecular weight is 282 g/mol. The van der Waals surface area contributed by atoms with Gasteiger partial charge in [0.25, 0.3) is 0 Å². The van der Waals surface area contributed by atoms with Gasteiger partial charge in [0.15, 0.2) is 11.5 Å². The molecule has 0 saturated carbocycles. The molecule has 0 fully saturated rings. The van der Waals surface area contributed by atoms with Gasteiger partial charge in [-0.1, -0.05) is 25.4 Å². The van der Waals surface area contributed by atoms with E-state index in [1.165, 1.54) is 0 Å². The zero-order valence-electron chi connectivity index (χ0n) is 11.6. The van der Waals surface area contributed by atoms with Gasteiger partial charge in [-0.25, -0.2) is 0 Å².